The van der Waals surface area contributed by atoms with Crippen LogP contribution in [-0.2, 0) is 9.53 Å². The van der Waals surface area contributed by atoms with Gasteiger partial charge in [0.15, 0.2) is 0 Å². The number of rotatable bonds is 0. The Morgan fingerprint density at radius 1 is 0.645 bits per heavy atom. The first-order chi connectivity index (χ1) is 14.5. The van der Waals surface area contributed by atoms with Crippen LogP contribution < -0.4 is 0 Å². The maximum Gasteiger partial charge on any atom is 0.313 e. The fourth-order valence-corrected chi connectivity index (χ4v) is 12.0. The second kappa shape index (κ2) is 6.12. The van der Waals surface area contributed by atoms with Crippen molar-refractivity contribution in [3.05, 3.63) is 0 Å². The highest BCUT2D eigenvalue weighted by Crippen LogP contribution is 2.75. The van der Waals surface area contributed by atoms with E-state index in [0.29, 0.717) is 34.0 Å². The van der Waals surface area contributed by atoms with Gasteiger partial charge in [-0.05, 0) is 124 Å². The molecule has 2 heteroatoms. The fourth-order valence-electron chi connectivity index (χ4n) is 12.0. The van der Waals surface area contributed by atoms with Crippen LogP contribution in [0.5, 0.6) is 0 Å². The smallest absolute Gasteiger partial charge is 0.313 e. The molecule has 5 saturated carbocycles. The number of cyclic esters (lactones) is 1. The first kappa shape index (κ1) is 21.0. The lowest BCUT2D eigenvalue weighted by Crippen LogP contribution is -2.65. The minimum Gasteiger partial charge on any atom is -0.459 e. The standard InChI is InChI=1S/C29H46O2/c1-25(2)14-7-15-28(6)22(25)13-16-27(5)19-8-9-20-18-12-17-29(20,21(19)10-11-23(27)28)24(30)31-26(18,3)4/h18-23H,7-17H2,1-6H3/t18-,19+,20-,21-,22-,23-,27-,28-,29+/m0/s1. The summed E-state index contributed by atoms with van der Waals surface area (Å²) in [6.07, 6.45) is 14.7. The highest BCUT2D eigenvalue weighted by molar-refractivity contribution is 5.80. The Balaban J connectivity index is 1.38. The third-order valence-corrected chi connectivity index (χ3v) is 13.0. The van der Waals surface area contributed by atoms with Crippen LogP contribution in [0.1, 0.15) is 112 Å². The van der Waals surface area contributed by atoms with E-state index >= 15 is 0 Å². The lowest BCUT2D eigenvalue weighted by Gasteiger charge is -2.69. The van der Waals surface area contributed by atoms with Gasteiger partial charge in [-0.25, -0.2) is 0 Å². The molecule has 0 spiro atoms. The van der Waals surface area contributed by atoms with Gasteiger partial charge in [-0.2, -0.15) is 0 Å². The van der Waals surface area contributed by atoms with Gasteiger partial charge in [-0.15, -0.1) is 0 Å². The van der Waals surface area contributed by atoms with Gasteiger partial charge < -0.3 is 4.74 Å². The average Bonchev–Trinajstić information content (AvgIpc) is 3.04. The molecule has 2 bridgehead atoms. The van der Waals surface area contributed by atoms with Crippen LogP contribution in [0.2, 0.25) is 0 Å². The Morgan fingerprint density at radius 2 is 1.32 bits per heavy atom. The highest BCUT2D eigenvalue weighted by Gasteiger charge is 2.72. The summed E-state index contributed by atoms with van der Waals surface area (Å²) in [5, 5.41) is 0. The van der Waals surface area contributed by atoms with Crippen LogP contribution in [-0.4, -0.2) is 11.6 Å². The zero-order valence-electron chi connectivity index (χ0n) is 21.1. The summed E-state index contributed by atoms with van der Waals surface area (Å²) in [6.45, 7) is 14.9. The third-order valence-electron chi connectivity index (χ3n) is 13.0. The molecule has 0 radical (unpaired) electrons. The molecule has 0 aromatic rings. The summed E-state index contributed by atoms with van der Waals surface area (Å²) in [5.41, 5.74) is 1.03. The lowest BCUT2D eigenvalue weighted by molar-refractivity contribution is -0.234. The Labute approximate surface area is 190 Å². The van der Waals surface area contributed by atoms with E-state index in [1.807, 2.05) is 0 Å². The predicted molar refractivity (Wildman–Crippen MR) is 124 cm³/mol. The number of ether oxygens (including phenoxy) is 1. The van der Waals surface area contributed by atoms with Crippen molar-refractivity contribution in [2.24, 2.45) is 57.2 Å². The Morgan fingerprint density at radius 3 is 2.10 bits per heavy atom. The van der Waals surface area contributed by atoms with Gasteiger partial charge in [-0.3, -0.25) is 4.79 Å². The number of carbonyl (C=O) groups excluding carboxylic acids is 1. The Bertz CT molecular complexity index is 797. The van der Waals surface area contributed by atoms with Gasteiger partial charge in [-0.1, -0.05) is 34.1 Å². The largest absolute Gasteiger partial charge is 0.459 e. The normalized spacial score (nSPS) is 56.5. The minimum atomic E-state index is -0.255. The molecule has 0 amide bonds. The molecular weight excluding hydrogens is 380 g/mol. The van der Waals surface area contributed by atoms with Crippen LogP contribution in [0.4, 0.5) is 0 Å². The number of hydrogen-bond acceptors (Lipinski definition) is 2. The quantitative estimate of drug-likeness (QED) is 0.377. The van der Waals surface area contributed by atoms with Crippen LogP contribution in [0, 0.1) is 57.2 Å². The van der Waals surface area contributed by atoms with Crippen molar-refractivity contribution in [1.29, 1.82) is 0 Å². The molecule has 0 aromatic carbocycles. The van der Waals surface area contributed by atoms with Crippen molar-refractivity contribution in [1.82, 2.24) is 0 Å². The van der Waals surface area contributed by atoms with Gasteiger partial charge in [0.2, 0.25) is 0 Å². The number of carbonyl (C=O) groups is 1. The zero-order chi connectivity index (χ0) is 22.0. The van der Waals surface area contributed by atoms with E-state index in [1.54, 1.807) is 0 Å². The second-order valence-corrected chi connectivity index (χ2v) is 14.7. The van der Waals surface area contributed by atoms with E-state index < -0.39 is 0 Å². The minimum absolute atomic E-state index is 0.138. The van der Waals surface area contributed by atoms with E-state index in [0.717, 1.165) is 24.2 Å². The molecule has 6 aliphatic rings. The molecular formula is C29H46O2. The first-order valence-corrected chi connectivity index (χ1v) is 13.7. The van der Waals surface area contributed by atoms with Crippen molar-refractivity contribution in [2.75, 3.05) is 0 Å². The summed E-state index contributed by atoms with van der Waals surface area (Å²) in [7, 11) is 0. The zero-order valence-corrected chi connectivity index (χ0v) is 21.1. The molecule has 174 valence electrons. The van der Waals surface area contributed by atoms with Gasteiger partial charge in [0.25, 0.3) is 0 Å². The molecule has 1 aliphatic heterocycles. The monoisotopic (exact) mass is 426 g/mol. The molecule has 1 saturated heterocycles. The van der Waals surface area contributed by atoms with Gasteiger partial charge >= 0.3 is 5.97 Å². The molecule has 0 unspecified atom stereocenters. The van der Waals surface area contributed by atoms with E-state index in [9.17, 15) is 4.79 Å². The molecule has 0 aromatic heterocycles. The van der Waals surface area contributed by atoms with Gasteiger partial charge in [0.1, 0.15) is 5.60 Å². The summed E-state index contributed by atoms with van der Waals surface area (Å²) in [4.78, 5) is 13.7. The third kappa shape index (κ3) is 2.39. The SMILES string of the molecule is CC1(C)CCC[C@]2(C)[C@H]3CC[C@H]4[C@@H](CC[C@H]5[C@@H]6CC[C@]45C(=O)OC6(C)C)[C@]3(C)CC[C@@H]12. The molecule has 1 heterocycles. The average molecular weight is 427 g/mol. The number of hydrogen-bond donors (Lipinski definition) is 0. The second-order valence-electron chi connectivity index (χ2n) is 14.7. The van der Waals surface area contributed by atoms with Crippen molar-refractivity contribution >= 4 is 5.97 Å². The molecule has 2 nitrogen and oxygen atoms in total. The number of esters is 1. The first-order valence-electron chi connectivity index (χ1n) is 13.7. The molecule has 6 fully saturated rings. The lowest BCUT2D eigenvalue weighted by atomic mass is 9.35. The van der Waals surface area contributed by atoms with E-state index in [1.165, 1.54) is 64.2 Å². The Kier molecular flexibility index (Phi) is 4.15. The molecule has 31 heavy (non-hydrogen) atoms. The van der Waals surface area contributed by atoms with E-state index in [4.69, 9.17) is 4.74 Å². The Hall–Kier alpha value is -0.530. The molecule has 0 N–H and O–H groups in total. The molecule has 9 atom stereocenters. The van der Waals surface area contributed by atoms with E-state index in [2.05, 4.69) is 41.5 Å². The highest BCUT2D eigenvalue weighted by atomic mass is 16.6. The summed E-state index contributed by atoms with van der Waals surface area (Å²) >= 11 is 0. The van der Waals surface area contributed by atoms with Crippen LogP contribution in [0.3, 0.4) is 0 Å². The van der Waals surface area contributed by atoms with Gasteiger partial charge in [0, 0.05) is 5.92 Å². The van der Waals surface area contributed by atoms with Gasteiger partial charge in [0.05, 0.1) is 5.41 Å². The van der Waals surface area contributed by atoms with Crippen LogP contribution in [0.15, 0.2) is 0 Å². The van der Waals surface area contributed by atoms with Crippen LogP contribution >= 0.6 is 0 Å². The molecule has 6 rings (SSSR count). The summed E-state index contributed by atoms with van der Waals surface area (Å²) < 4.78 is 6.23. The topological polar surface area (TPSA) is 26.3 Å². The van der Waals surface area contributed by atoms with Crippen molar-refractivity contribution in [3.63, 3.8) is 0 Å². The molecule has 5 aliphatic carbocycles. The van der Waals surface area contributed by atoms with Crippen molar-refractivity contribution in [3.8, 4) is 0 Å². The van der Waals surface area contributed by atoms with Crippen molar-refractivity contribution < 1.29 is 9.53 Å². The van der Waals surface area contributed by atoms with E-state index in [-0.39, 0.29) is 17.0 Å². The number of fused-ring (bicyclic) bond motifs is 5. The van der Waals surface area contributed by atoms with Crippen LogP contribution in [0.25, 0.3) is 0 Å². The van der Waals surface area contributed by atoms with Crippen molar-refractivity contribution in [2.45, 2.75) is 118 Å². The maximum atomic E-state index is 13.7. The fraction of sp³-hybridized carbons (Fsp3) is 0.966. The predicted octanol–water partition coefficient (Wildman–Crippen LogP) is 7.40. The summed E-state index contributed by atoms with van der Waals surface area (Å²) in [6, 6.07) is 0. The maximum absolute atomic E-state index is 13.7. The summed E-state index contributed by atoms with van der Waals surface area (Å²) in [5.74, 6) is 4.42.